The Bertz CT molecular complexity index is 745. The molecule has 1 saturated heterocycles. The average molecular weight is 304 g/mol. The monoisotopic (exact) mass is 303 g/mol. The molecular weight excluding hydrogens is 294 g/mol. The number of halogens is 1. The van der Waals surface area contributed by atoms with E-state index in [2.05, 4.69) is 16.4 Å². The molecule has 0 aliphatic carbocycles. The largest absolute Gasteiger partial charge is 0.476 e. The molecule has 0 atom stereocenters. The molecule has 3 rings (SSSR count). The lowest BCUT2D eigenvalue weighted by Crippen LogP contribution is -2.48. The minimum Gasteiger partial charge on any atom is -0.476 e. The molecule has 1 aromatic carbocycles. The van der Waals surface area contributed by atoms with Crippen LogP contribution in [-0.2, 0) is 0 Å². The Balaban J connectivity index is 1.73. The van der Waals surface area contributed by atoms with Gasteiger partial charge in [0.05, 0.1) is 23.5 Å². The average Bonchev–Trinajstić information content (AvgIpc) is 2.88. The second-order valence-corrected chi connectivity index (χ2v) is 5.16. The minimum atomic E-state index is -1.10. The molecule has 1 aliphatic heterocycles. The van der Waals surface area contributed by atoms with Gasteiger partial charge in [-0.1, -0.05) is 16.8 Å². The first-order chi connectivity index (χ1) is 10.1. The number of nitriles is 1. The Morgan fingerprint density at radius 2 is 2.24 bits per heavy atom. The van der Waals surface area contributed by atoms with Crippen LogP contribution in [0.25, 0.3) is 0 Å². The van der Waals surface area contributed by atoms with Gasteiger partial charge in [0.1, 0.15) is 6.07 Å². The van der Waals surface area contributed by atoms with Crippen molar-refractivity contribution in [2.24, 2.45) is 0 Å². The van der Waals surface area contributed by atoms with Crippen LogP contribution in [0.1, 0.15) is 22.1 Å². The van der Waals surface area contributed by atoms with Gasteiger partial charge in [-0.05, 0) is 18.2 Å². The molecular formula is C13H10ClN5O2. The standard InChI is InChI=1S/C13H10ClN5O2/c14-9-1-2-12(8(3-9)4-15)18-5-10(6-18)19-7-11(13(20)21)16-17-19/h1-3,7,10H,5-6H2,(H,20,21). The first kappa shape index (κ1) is 13.4. The van der Waals surface area contributed by atoms with E-state index >= 15 is 0 Å². The molecule has 1 aliphatic rings. The van der Waals surface area contributed by atoms with Crippen molar-refractivity contribution >= 4 is 23.3 Å². The van der Waals surface area contributed by atoms with E-state index in [9.17, 15) is 4.79 Å². The van der Waals surface area contributed by atoms with Gasteiger partial charge in [0, 0.05) is 18.1 Å². The van der Waals surface area contributed by atoms with E-state index in [4.69, 9.17) is 22.0 Å². The van der Waals surface area contributed by atoms with E-state index in [-0.39, 0.29) is 11.7 Å². The molecule has 8 heteroatoms. The lowest BCUT2D eigenvalue weighted by Gasteiger charge is -2.41. The van der Waals surface area contributed by atoms with Crippen LogP contribution in [0, 0.1) is 11.3 Å². The maximum atomic E-state index is 10.8. The van der Waals surface area contributed by atoms with Crippen molar-refractivity contribution in [3.63, 3.8) is 0 Å². The van der Waals surface area contributed by atoms with E-state index < -0.39 is 5.97 Å². The SMILES string of the molecule is N#Cc1cc(Cl)ccc1N1CC(n2cc(C(=O)O)nn2)C1. The highest BCUT2D eigenvalue weighted by Crippen LogP contribution is 2.31. The molecule has 1 fully saturated rings. The van der Waals surface area contributed by atoms with Gasteiger partial charge in [0.15, 0.2) is 5.69 Å². The molecule has 0 amide bonds. The Labute approximate surface area is 125 Å². The van der Waals surface area contributed by atoms with Crippen LogP contribution in [0.4, 0.5) is 5.69 Å². The molecule has 0 spiro atoms. The van der Waals surface area contributed by atoms with E-state index in [1.807, 2.05) is 4.90 Å². The number of carbonyl (C=O) groups is 1. The number of benzene rings is 1. The molecule has 0 unspecified atom stereocenters. The minimum absolute atomic E-state index is 0.0489. The molecule has 2 heterocycles. The summed E-state index contributed by atoms with van der Waals surface area (Å²) in [5.74, 6) is -1.10. The van der Waals surface area contributed by atoms with Crippen molar-refractivity contribution in [1.29, 1.82) is 5.26 Å². The summed E-state index contributed by atoms with van der Waals surface area (Å²) in [5, 5.41) is 25.9. The maximum Gasteiger partial charge on any atom is 0.358 e. The molecule has 106 valence electrons. The van der Waals surface area contributed by atoms with Crippen molar-refractivity contribution < 1.29 is 9.90 Å². The van der Waals surface area contributed by atoms with Crippen LogP contribution < -0.4 is 4.90 Å². The highest BCUT2D eigenvalue weighted by atomic mass is 35.5. The molecule has 2 aromatic rings. The zero-order chi connectivity index (χ0) is 15.0. The molecule has 7 nitrogen and oxygen atoms in total. The first-order valence-electron chi connectivity index (χ1n) is 6.18. The van der Waals surface area contributed by atoms with Gasteiger partial charge >= 0.3 is 5.97 Å². The topological polar surface area (TPSA) is 95.0 Å². The summed E-state index contributed by atoms with van der Waals surface area (Å²) in [6, 6.07) is 7.34. The number of carboxylic acids is 1. The van der Waals surface area contributed by atoms with Gasteiger partial charge in [-0.3, -0.25) is 0 Å². The normalized spacial score (nSPS) is 14.6. The third-order valence-corrected chi connectivity index (χ3v) is 3.62. The zero-order valence-corrected chi connectivity index (χ0v) is 11.5. The number of anilines is 1. The fraction of sp³-hybridized carbons (Fsp3) is 0.231. The van der Waals surface area contributed by atoms with Gasteiger partial charge in [0.2, 0.25) is 0 Å². The van der Waals surface area contributed by atoms with Crippen molar-refractivity contribution in [2.75, 3.05) is 18.0 Å². The van der Waals surface area contributed by atoms with Gasteiger partial charge in [-0.25, -0.2) is 9.48 Å². The van der Waals surface area contributed by atoms with Crippen molar-refractivity contribution in [3.8, 4) is 6.07 Å². The van der Waals surface area contributed by atoms with Crippen molar-refractivity contribution in [1.82, 2.24) is 15.0 Å². The fourth-order valence-corrected chi connectivity index (χ4v) is 2.42. The Morgan fingerprint density at radius 3 is 2.86 bits per heavy atom. The molecule has 1 aromatic heterocycles. The van der Waals surface area contributed by atoms with Gasteiger partial charge in [0.25, 0.3) is 0 Å². The summed E-state index contributed by atoms with van der Waals surface area (Å²) >= 11 is 5.87. The number of hydrogen-bond acceptors (Lipinski definition) is 5. The second-order valence-electron chi connectivity index (χ2n) is 4.72. The van der Waals surface area contributed by atoms with Crippen LogP contribution in [0.2, 0.25) is 5.02 Å². The fourth-order valence-electron chi connectivity index (χ4n) is 2.25. The zero-order valence-electron chi connectivity index (χ0n) is 10.8. The van der Waals surface area contributed by atoms with E-state index in [0.29, 0.717) is 23.7 Å². The van der Waals surface area contributed by atoms with E-state index in [1.54, 1.807) is 22.9 Å². The summed E-state index contributed by atoms with van der Waals surface area (Å²) in [6.45, 7) is 1.28. The molecule has 0 radical (unpaired) electrons. The Kier molecular flexibility index (Phi) is 3.23. The predicted octanol–water partition coefficient (Wildman–Crippen LogP) is 1.56. The molecule has 21 heavy (non-hydrogen) atoms. The Morgan fingerprint density at radius 1 is 1.48 bits per heavy atom. The number of aromatic carboxylic acids is 1. The van der Waals surface area contributed by atoms with E-state index in [0.717, 1.165) is 5.69 Å². The summed E-state index contributed by atoms with van der Waals surface area (Å²) in [5.41, 5.74) is 1.26. The van der Waals surface area contributed by atoms with Crippen LogP contribution in [-0.4, -0.2) is 39.2 Å². The number of carboxylic acid groups (broad SMARTS) is 1. The quantitative estimate of drug-likeness (QED) is 0.924. The Hall–Kier alpha value is -2.59. The lowest BCUT2D eigenvalue weighted by atomic mass is 10.1. The third kappa shape index (κ3) is 2.41. The molecule has 1 N–H and O–H groups in total. The van der Waals surface area contributed by atoms with E-state index in [1.165, 1.54) is 6.20 Å². The first-order valence-corrected chi connectivity index (χ1v) is 6.56. The highest BCUT2D eigenvalue weighted by Gasteiger charge is 2.31. The van der Waals surface area contributed by atoms with Crippen molar-refractivity contribution in [2.45, 2.75) is 6.04 Å². The number of nitrogens with zero attached hydrogens (tertiary/aromatic N) is 5. The van der Waals surface area contributed by atoms with Crippen LogP contribution >= 0.6 is 11.6 Å². The summed E-state index contributed by atoms with van der Waals surface area (Å²) in [6.07, 6.45) is 1.41. The summed E-state index contributed by atoms with van der Waals surface area (Å²) in [4.78, 5) is 12.8. The number of rotatable bonds is 3. The van der Waals surface area contributed by atoms with Crippen LogP contribution in [0.15, 0.2) is 24.4 Å². The smallest absolute Gasteiger partial charge is 0.358 e. The molecule has 0 bridgehead atoms. The second kappa shape index (κ2) is 5.07. The number of aromatic nitrogens is 3. The predicted molar refractivity (Wildman–Crippen MR) is 74.4 cm³/mol. The van der Waals surface area contributed by atoms with Gasteiger partial charge in [-0.2, -0.15) is 5.26 Å². The molecule has 0 saturated carbocycles. The lowest BCUT2D eigenvalue weighted by molar-refractivity contribution is 0.0690. The van der Waals surface area contributed by atoms with Crippen LogP contribution in [0.5, 0.6) is 0 Å². The van der Waals surface area contributed by atoms with Gasteiger partial charge < -0.3 is 10.0 Å². The highest BCUT2D eigenvalue weighted by molar-refractivity contribution is 6.30. The summed E-state index contributed by atoms with van der Waals surface area (Å²) < 4.78 is 1.54. The van der Waals surface area contributed by atoms with Gasteiger partial charge in [-0.15, -0.1) is 5.10 Å². The number of hydrogen-bond donors (Lipinski definition) is 1. The maximum absolute atomic E-state index is 10.8. The third-order valence-electron chi connectivity index (χ3n) is 3.39. The van der Waals surface area contributed by atoms with Crippen molar-refractivity contribution in [3.05, 3.63) is 40.7 Å². The van der Waals surface area contributed by atoms with Crippen LogP contribution in [0.3, 0.4) is 0 Å². The summed E-state index contributed by atoms with van der Waals surface area (Å²) in [7, 11) is 0.